The van der Waals surface area contributed by atoms with Crippen molar-refractivity contribution in [3.8, 4) is 0 Å². The highest BCUT2D eigenvalue weighted by molar-refractivity contribution is 6.23. The summed E-state index contributed by atoms with van der Waals surface area (Å²) in [5.74, 6) is -1.33. The van der Waals surface area contributed by atoms with E-state index in [4.69, 9.17) is 4.74 Å². The zero-order valence-electron chi connectivity index (χ0n) is 16.3. The molecule has 0 aromatic heterocycles. The fourth-order valence-electron chi connectivity index (χ4n) is 4.16. The topological polar surface area (TPSA) is 84.0 Å². The fraction of sp³-hybridized carbons (Fsp3) is 0.524. The van der Waals surface area contributed by atoms with Crippen molar-refractivity contribution in [2.24, 2.45) is 0 Å². The second-order valence-electron chi connectivity index (χ2n) is 7.27. The second-order valence-corrected chi connectivity index (χ2v) is 7.27. The van der Waals surface area contributed by atoms with Gasteiger partial charge in [-0.25, -0.2) is 9.69 Å². The van der Waals surface area contributed by atoms with Gasteiger partial charge in [0.15, 0.2) is 0 Å². The van der Waals surface area contributed by atoms with Crippen LogP contribution < -0.4 is 4.90 Å². The molecule has 1 heterocycles. The number of amides is 3. The summed E-state index contributed by atoms with van der Waals surface area (Å²) in [5, 5.41) is 0. The van der Waals surface area contributed by atoms with Crippen LogP contribution in [0.15, 0.2) is 24.3 Å². The third-order valence-corrected chi connectivity index (χ3v) is 5.43. The van der Waals surface area contributed by atoms with E-state index in [9.17, 15) is 19.2 Å². The molecule has 3 rings (SSSR count). The smallest absolute Gasteiger partial charge is 0.338 e. The van der Waals surface area contributed by atoms with Crippen molar-refractivity contribution in [1.29, 1.82) is 0 Å². The molecule has 0 N–H and O–H groups in total. The molecule has 0 radical (unpaired) electrons. The molecule has 2 aliphatic rings. The van der Waals surface area contributed by atoms with Crippen molar-refractivity contribution in [2.45, 2.75) is 64.5 Å². The van der Waals surface area contributed by atoms with Crippen LogP contribution in [-0.4, -0.2) is 47.3 Å². The summed E-state index contributed by atoms with van der Waals surface area (Å²) in [5.41, 5.74) is 0.756. The molecule has 150 valence electrons. The largest absolute Gasteiger partial charge is 0.462 e. The van der Waals surface area contributed by atoms with Crippen LogP contribution in [0.2, 0.25) is 0 Å². The van der Waals surface area contributed by atoms with Gasteiger partial charge in [0.1, 0.15) is 6.04 Å². The molecule has 1 aliphatic carbocycles. The maximum Gasteiger partial charge on any atom is 0.338 e. The quantitative estimate of drug-likeness (QED) is 0.574. The molecule has 1 aliphatic heterocycles. The van der Waals surface area contributed by atoms with E-state index < -0.39 is 12.0 Å². The van der Waals surface area contributed by atoms with E-state index >= 15 is 0 Å². The molecule has 1 aromatic carbocycles. The standard InChI is InChI=1S/C21H26N2O5/c1-3-28-21(27)15-9-11-17(12-10-15)23-19(25)13-18(20(23)26)22(14(2)24)16-7-5-4-6-8-16/h9-12,16,18H,3-8,13H2,1-2H3. The minimum atomic E-state index is -0.752. The maximum absolute atomic E-state index is 13.0. The molecule has 1 atom stereocenters. The first kappa shape index (κ1) is 20.0. The van der Waals surface area contributed by atoms with E-state index in [1.807, 2.05) is 0 Å². The number of hydrogen-bond acceptors (Lipinski definition) is 5. The van der Waals surface area contributed by atoms with E-state index in [2.05, 4.69) is 0 Å². The van der Waals surface area contributed by atoms with Crippen LogP contribution in [0.1, 0.15) is 62.7 Å². The van der Waals surface area contributed by atoms with Gasteiger partial charge >= 0.3 is 5.97 Å². The van der Waals surface area contributed by atoms with Gasteiger partial charge in [0.2, 0.25) is 11.8 Å². The second kappa shape index (κ2) is 8.54. The first-order chi connectivity index (χ1) is 13.4. The van der Waals surface area contributed by atoms with Crippen LogP contribution in [0, 0.1) is 0 Å². The number of rotatable bonds is 5. The summed E-state index contributed by atoms with van der Waals surface area (Å²) in [4.78, 5) is 52.5. The molecule has 1 unspecified atom stereocenters. The van der Waals surface area contributed by atoms with Crippen molar-refractivity contribution >= 4 is 29.4 Å². The van der Waals surface area contributed by atoms with Gasteiger partial charge in [0.25, 0.3) is 5.91 Å². The summed E-state index contributed by atoms with van der Waals surface area (Å²) in [6, 6.07) is 5.44. The number of esters is 1. The Kier molecular flexibility index (Phi) is 6.11. The highest BCUT2D eigenvalue weighted by Gasteiger charge is 2.45. The van der Waals surface area contributed by atoms with Gasteiger partial charge in [-0.2, -0.15) is 0 Å². The average Bonchev–Trinajstić information content (AvgIpc) is 2.97. The lowest BCUT2D eigenvalue weighted by Gasteiger charge is -2.36. The Balaban J connectivity index is 1.80. The molecule has 28 heavy (non-hydrogen) atoms. The lowest BCUT2D eigenvalue weighted by Crippen LogP contribution is -2.50. The Bertz CT molecular complexity index is 768. The lowest BCUT2D eigenvalue weighted by atomic mass is 9.92. The van der Waals surface area contributed by atoms with Crippen LogP contribution in [0.5, 0.6) is 0 Å². The van der Waals surface area contributed by atoms with Crippen LogP contribution in [-0.2, 0) is 19.1 Å². The lowest BCUT2D eigenvalue weighted by molar-refractivity contribution is -0.140. The number of benzene rings is 1. The van der Waals surface area contributed by atoms with Crippen molar-refractivity contribution in [2.75, 3.05) is 11.5 Å². The van der Waals surface area contributed by atoms with Gasteiger partial charge in [0.05, 0.1) is 24.3 Å². The third kappa shape index (κ3) is 3.93. The summed E-state index contributed by atoms with van der Waals surface area (Å²) in [6.07, 6.45) is 4.93. The van der Waals surface area contributed by atoms with E-state index in [1.165, 1.54) is 19.1 Å². The fourth-order valence-corrected chi connectivity index (χ4v) is 4.16. The highest BCUT2D eigenvalue weighted by atomic mass is 16.5. The number of anilines is 1. The maximum atomic E-state index is 13.0. The van der Waals surface area contributed by atoms with Gasteiger partial charge in [0, 0.05) is 13.0 Å². The number of ether oxygens (including phenoxy) is 1. The Hall–Kier alpha value is -2.70. The Morgan fingerprint density at radius 3 is 2.32 bits per heavy atom. The Morgan fingerprint density at radius 2 is 1.75 bits per heavy atom. The SMILES string of the molecule is CCOC(=O)c1ccc(N2C(=O)CC(N(C(C)=O)C3CCCCC3)C2=O)cc1. The van der Waals surface area contributed by atoms with Crippen molar-refractivity contribution < 1.29 is 23.9 Å². The highest BCUT2D eigenvalue weighted by Crippen LogP contribution is 2.31. The Labute approximate surface area is 164 Å². The summed E-state index contributed by atoms with van der Waals surface area (Å²) in [6.45, 7) is 3.46. The van der Waals surface area contributed by atoms with E-state index in [0.717, 1.165) is 37.0 Å². The zero-order valence-corrected chi connectivity index (χ0v) is 16.3. The molecule has 1 aromatic rings. The van der Waals surface area contributed by atoms with Crippen molar-refractivity contribution in [3.05, 3.63) is 29.8 Å². The molecule has 2 fully saturated rings. The molecular formula is C21H26N2O5. The Morgan fingerprint density at radius 1 is 1.11 bits per heavy atom. The predicted molar refractivity (Wildman–Crippen MR) is 103 cm³/mol. The van der Waals surface area contributed by atoms with Crippen LogP contribution in [0.3, 0.4) is 0 Å². The minimum Gasteiger partial charge on any atom is -0.462 e. The summed E-state index contributed by atoms with van der Waals surface area (Å²) >= 11 is 0. The van der Waals surface area contributed by atoms with Gasteiger partial charge in [-0.1, -0.05) is 19.3 Å². The first-order valence-electron chi connectivity index (χ1n) is 9.87. The van der Waals surface area contributed by atoms with Gasteiger partial charge in [-0.3, -0.25) is 14.4 Å². The molecular weight excluding hydrogens is 360 g/mol. The van der Waals surface area contributed by atoms with Crippen molar-refractivity contribution in [1.82, 2.24) is 4.90 Å². The summed E-state index contributed by atoms with van der Waals surface area (Å²) in [7, 11) is 0. The zero-order chi connectivity index (χ0) is 20.3. The number of carbonyl (C=O) groups excluding carboxylic acids is 4. The van der Waals surface area contributed by atoms with Crippen LogP contribution >= 0.6 is 0 Å². The molecule has 1 saturated carbocycles. The molecule has 3 amide bonds. The monoisotopic (exact) mass is 386 g/mol. The van der Waals surface area contributed by atoms with Crippen molar-refractivity contribution in [3.63, 3.8) is 0 Å². The summed E-state index contributed by atoms with van der Waals surface area (Å²) < 4.78 is 4.95. The van der Waals surface area contributed by atoms with Gasteiger partial charge in [-0.15, -0.1) is 0 Å². The van der Waals surface area contributed by atoms with Crippen LogP contribution in [0.4, 0.5) is 5.69 Å². The number of imide groups is 1. The number of hydrogen-bond donors (Lipinski definition) is 0. The molecule has 0 bridgehead atoms. The number of nitrogens with zero attached hydrogens (tertiary/aromatic N) is 2. The molecule has 7 heteroatoms. The third-order valence-electron chi connectivity index (χ3n) is 5.43. The molecule has 1 saturated heterocycles. The van der Waals surface area contributed by atoms with Gasteiger partial charge < -0.3 is 9.64 Å². The molecule has 7 nitrogen and oxygen atoms in total. The van der Waals surface area contributed by atoms with E-state index in [-0.39, 0.29) is 36.8 Å². The minimum absolute atomic E-state index is 0.00542. The number of carbonyl (C=O) groups is 4. The average molecular weight is 386 g/mol. The van der Waals surface area contributed by atoms with Gasteiger partial charge in [-0.05, 0) is 44.0 Å². The van der Waals surface area contributed by atoms with E-state index in [0.29, 0.717) is 11.3 Å². The predicted octanol–water partition coefficient (Wildman–Crippen LogP) is 2.68. The molecule has 0 spiro atoms. The first-order valence-corrected chi connectivity index (χ1v) is 9.87. The van der Waals surface area contributed by atoms with Crippen LogP contribution in [0.25, 0.3) is 0 Å². The normalized spacial score (nSPS) is 20.4. The van der Waals surface area contributed by atoms with E-state index in [1.54, 1.807) is 24.0 Å².